The number of benzene rings is 1. The number of nitrogens with zero attached hydrogens (tertiary/aromatic N) is 1. The first-order valence-corrected chi connectivity index (χ1v) is 5.43. The van der Waals surface area contributed by atoms with Crippen molar-refractivity contribution in [2.24, 2.45) is 0 Å². The van der Waals surface area contributed by atoms with Gasteiger partial charge in [0, 0.05) is 18.8 Å². The Morgan fingerprint density at radius 3 is 2.47 bits per heavy atom. The number of anilines is 1. The van der Waals surface area contributed by atoms with Crippen LogP contribution in [-0.4, -0.2) is 37.8 Å². The van der Waals surface area contributed by atoms with E-state index in [1.807, 2.05) is 31.2 Å². The van der Waals surface area contributed by atoms with Gasteiger partial charge in [-0.2, -0.15) is 13.2 Å². The lowest BCUT2D eigenvalue weighted by atomic mass is 10.2. The fourth-order valence-electron chi connectivity index (χ4n) is 1.54. The van der Waals surface area contributed by atoms with Gasteiger partial charge < -0.3 is 5.32 Å². The summed E-state index contributed by atoms with van der Waals surface area (Å²) in [5.41, 5.74) is 2.05. The molecule has 0 aromatic heterocycles. The number of alkyl halides is 3. The molecule has 0 radical (unpaired) electrons. The van der Waals surface area contributed by atoms with Gasteiger partial charge in [0.05, 0.1) is 6.54 Å². The molecule has 0 bridgehead atoms. The summed E-state index contributed by atoms with van der Waals surface area (Å²) in [7, 11) is 1.47. The first-order valence-electron chi connectivity index (χ1n) is 5.43. The van der Waals surface area contributed by atoms with Gasteiger partial charge in [-0.1, -0.05) is 18.2 Å². The molecular weight excluding hydrogens is 229 g/mol. The topological polar surface area (TPSA) is 15.3 Å². The maximum absolute atomic E-state index is 12.1. The molecule has 0 aliphatic rings. The van der Waals surface area contributed by atoms with Crippen molar-refractivity contribution in [3.63, 3.8) is 0 Å². The van der Waals surface area contributed by atoms with Crippen molar-refractivity contribution in [1.82, 2.24) is 4.90 Å². The summed E-state index contributed by atoms with van der Waals surface area (Å²) in [6.07, 6.45) is -4.13. The highest BCUT2D eigenvalue weighted by Gasteiger charge is 2.28. The first-order chi connectivity index (χ1) is 7.88. The molecule has 1 aromatic carbocycles. The number of rotatable bonds is 5. The average molecular weight is 246 g/mol. The average Bonchev–Trinajstić information content (AvgIpc) is 2.18. The molecule has 5 heteroatoms. The minimum absolute atomic E-state index is 0.355. The molecule has 0 fully saturated rings. The van der Waals surface area contributed by atoms with Gasteiger partial charge >= 0.3 is 6.18 Å². The van der Waals surface area contributed by atoms with Crippen LogP contribution in [0.15, 0.2) is 24.3 Å². The number of likely N-dealkylation sites (N-methyl/N-ethyl adjacent to an activating group) is 1. The van der Waals surface area contributed by atoms with Gasteiger partial charge in [-0.3, -0.25) is 4.90 Å². The van der Waals surface area contributed by atoms with Crippen molar-refractivity contribution in [1.29, 1.82) is 0 Å². The van der Waals surface area contributed by atoms with E-state index in [9.17, 15) is 13.2 Å². The first kappa shape index (κ1) is 13.8. The van der Waals surface area contributed by atoms with E-state index in [-0.39, 0.29) is 0 Å². The lowest BCUT2D eigenvalue weighted by molar-refractivity contribution is -0.142. The Balaban J connectivity index is 2.31. The van der Waals surface area contributed by atoms with E-state index < -0.39 is 12.7 Å². The van der Waals surface area contributed by atoms with Gasteiger partial charge in [0.1, 0.15) is 0 Å². The summed E-state index contributed by atoms with van der Waals surface area (Å²) < 4.78 is 36.2. The molecule has 1 rings (SSSR count). The van der Waals surface area contributed by atoms with Crippen LogP contribution in [0.2, 0.25) is 0 Å². The van der Waals surface area contributed by atoms with E-state index in [0.717, 1.165) is 11.3 Å². The van der Waals surface area contributed by atoms with Gasteiger partial charge in [0.15, 0.2) is 0 Å². The summed E-state index contributed by atoms with van der Waals surface area (Å²) in [5.74, 6) is 0. The lowest BCUT2D eigenvalue weighted by Gasteiger charge is -2.19. The van der Waals surface area contributed by atoms with Gasteiger partial charge in [-0.25, -0.2) is 0 Å². The van der Waals surface area contributed by atoms with E-state index in [0.29, 0.717) is 13.1 Å². The van der Waals surface area contributed by atoms with Crippen molar-refractivity contribution >= 4 is 5.69 Å². The SMILES string of the molecule is Cc1ccccc1NCCN(C)CC(F)(F)F. The van der Waals surface area contributed by atoms with Crippen LogP contribution in [0.3, 0.4) is 0 Å². The minimum atomic E-state index is -4.13. The van der Waals surface area contributed by atoms with E-state index in [4.69, 9.17) is 0 Å². The van der Waals surface area contributed by atoms with Crippen LogP contribution in [0.5, 0.6) is 0 Å². The molecule has 0 aliphatic heterocycles. The van der Waals surface area contributed by atoms with Crippen molar-refractivity contribution in [3.05, 3.63) is 29.8 Å². The van der Waals surface area contributed by atoms with E-state index in [1.165, 1.54) is 11.9 Å². The fourth-order valence-corrected chi connectivity index (χ4v) is 1.54. The number of hydrogen-bond acceptors (Lipinski definition) is 2. The molecule has 0 spiro atoms. The van der Waals surface area contributed by atoms with Crippen molar-refractivity contribution in [3.8, 4) is 0 Å². The summed E-state index contributed by atoms with van der Waals surface area (Å²) in [6, 6.07) is 7.70. The second-order valence-corrected chi connectivity index (χ2v) is 4.09. The number of aryl methyl sites for hydroxylation is 1. The predicted molar refractivity (Wildman–Crippen MR) is 63.2 cm³/mol. The molecule has 96 valence electrons. The highest BCUT2D eigenvalue weighted by molar-refractivity contribution is 5.50. The highest BCUT2D eigenvalue weighted by atomic mass is 19.4. The predicted octanol–water partition coefficient (Wildman–Crippen LogP) is 2.90. The van der Waals surface area contributed by atoms with E-state index in [2.05, 4.69) is 5.32 Å². The monoisotopic (exact) mass is 246 g/mol. The highest BCUT2D eigenvalue weighted by Crippen LogP contribution is 2.15. The maximum atomic E-state index is 12.1. The molecule has 0 atom stereocenters. The fraction of sp³-hybridized carbons (Fsp3) is 0.500. The maximum Gasteiger partial charge on any atom is 0.401 e. The Labute approximate surface area is 99.4 Å². The quantitative estimate of drug-likeness (QED) is 0.859. The standard InChI is InChI=1S/C12H17F3N2/c1-10-5-3-4-6-11(10)16-7-8-17(2)9-12(13,14)15/h3-6,16H,7-9H2,1-2H3. The van der Waals surface area contributed by atoms with Crippen molar-refractivity contribution < 1.29 is 13.2 Å². The zero-order valence-electron chi connectivity index (χ0n) is 10.0. The largest absolute Gasteiger partial charge is 0.401 e. The third-order valence-corrected chi connectivity index (χ3v) is 2.40. The summed E-state index contributed by atoms with van der Waals surface area (Å²) in [5, 5.41) is 3.12. The van der Waals surface area contributed by atoms with Crippen LogP contribution in [0.25, 0.3) is 0 Å². The van der Waals surface area contributed by atoms with Crippen LogP contribution < -0.4 is 5.32 Å². The summed E-state index contributed by atoms with van der Waals surface area (Å²) in [6.45, 7) is 1.94. The Morgan fingerprint density at radius 2 is 1.88 bits per heavy atom. The molecule has 17 heavy (non-hydrogen) atoms. The summed E-state index contributed by atoms with van der Waals surface area (Å²) >= 11 is 0. The Kier molecular flexibility index (Phi) is 4.81. The van der Waals surface area contributed by atoms with Crippen LogP contribution in [-0.2, 0) is 0 Å². The van der Waals surface area contributed by atoms with Crippen molar-refractivity contribution in [2.45, 2.75) is 13.1 Å². The van der Waals surface area contributed by atoms with Gasteiger partial charge in [0.25, 0.3) is 0 Å². The summed E-state index contributed by atoms with van der Waals surface area (Å²) in [4.78, 5) is 1.26. The lowest BCUT2D eigenvalue weighted by Crippen LogP contribution is -2.34. The zero-order chi connectivity index (χ0) is 12.9. The molecule has 1 aromatic rings. The van der Waals surface area contributed by atoms with E-state index in [1.54, 1.807) is 0 Å². The molecule has 0 heterocycles. The second-order valence-electron chi connectivity index (χ2n) is 4.09. The third kappa shape index (κ3) is 5.58. The smallest absolute Gasteiger partial charge is 0.384 e. The van der Waals surface area contributed by atoms with Gasteiger partial charge in [-0.15, -0.1) is 0 Å². The Hall–Kier alpha value is -1.23. The van der Waals surface area contributed by atoms with Crippen LogP contribution >= 0.6 is 0 Å². The van der Waals surface area contributed by atoms with Gasteiger partial charge in [-0.05, 0) is 25.6 Å². The molecule has 1 N–H and O–H groups in total. The number of nitrogens with one attached hydrogen (secondary N) is 1. The van der Waals surface area contributed by atoms with Crippen LogP contribution in [0, 0.1) is 6.92 Å². The third-order valence-electron chi connectivity index (χ3n) is 2.40. The molecule has 0 saturated heterocycles. The Morgan fingerprint density at radius 1 is 1.24 bits per heavy atom. The number of halogens is 3. The molecule has 0 saturated carbocycles. The molecule has 0 unspecified atom stereocenters. The normalized spacial score (nSPS) is 11.9. The zero-order valence-corrected chi connectivity index (χ0v) is 10.0. The van der Waals surface area contributed by atoms with E-state index >= 15 is 0 Å². The minimum Gasteiger partial charge on any atom is -0.384 e. The number of para-hydroxylation sites is 1. The van der Waals surface area contributed by atoms with Crippen LogP contribution in [0.1, 0.15) is 5.56 Å². The second kappa shape index (κ2) is 5.91. The molecular formula is C12H17F3N2. The van der Waals surface area contributed by atoms with Gasteiger partial charge in [0.2, 0.25) is 0 Å². The molecule has 0 amide bonds. The number of hydrogen-bond donors (Lipinski definition) is 1. The Bertz CT molecular complexity index is 350. The van der Waals surface area contributed by atoms with Crippen molar-refractivity contribution in [2.75, 3.05) is 32.0 Å². The van der Waals surface area contributed by atoms with Crippen LogP contribution in [0.4, 0.5) is 18.9 Å². The molecule has 2 nitrogen and oxygen atoms in total. The molecule has 0 aliphatic carbocycles.